The van der Waals surface area contributed by atoms with Crippen LogP contribution in [0.2, 0.25) is 0 Å². The van der Waals surface area contributed by atoms with Crippen LogP contribution < -0.4 is 20.0 Å². The monoisotopic (exact) mass is 680 g/mol. The van der Waals surface area contributed by atoms with Crippen LogP contribution in [0.4, 0.5) is 30.2 Å². The Morgan fingerprint density at radius 3 is 2.30 bits per heavy atom. The van der Waals surface area contributed by atoms with Crippen LogP contribution in [0, 0.1) is 12.8 Å². The van der Waals surface area contributed by atoms with Crippen LogP contribution in [0.15, 0.2) is 82.6 Å². The Hall–Kier alpha value is -4.36. The molecule has 3 unspecified atom stereocenters. The van der Waals surface area contributed by atoms with Gasteiger partial charge >= 0.3 is 11.0 Å². The lowest BCUT2D eigenvalue weighted by Gasteiger charge is -2.31. The number of carbonyl (C=O) groups excluding carboxylic acids is 3. The van der Waals surface area contributed by atoms with Crippen LogP contribution in [0.3, 0.4) is 0 Å². The lowest BCUT2D eigenvalue weighted by Crippen LogP contribution is -2.33. The van der Waals surface area contributed by atoms with Crippen LogP contribution in [-0.4, -0.2) is 40.6 Å². The highest BCUT2D eigenvalue weighted by Crippen LogP contribution is 2.54. The zero-order valence-electron chi connectivity index (χ0n) is 25.7. The van der Waals surface area contributed by atoms with E-state index in [9.17, 15) is 32.3 Å². The molecule has 3 aromatic carbocycles. The fourth-order valence-electron chi connectivity index (χ4n) is 6.24. The fourth-order valence-corrected chi connectivity index (χ4v) is 9.01. The number of rotatable bonds is 8. The molecule has 8 nitrogen and oxygen atoms in total. The molecular weight excluding hydrogens is 650 g/mol. The molecule has 0 radical (unpaired) electrons. The second-order valence-corrected chi connectivity index (χ2v) is 13.5. The van der Waals surface area contributed by atoms with Gasteiger partial charge in [-0.15, -0.1) is 0 Å². The minimum atomic E-state index is -4.67. The van der Waals surface area contributed by atoms with Crippen LogP contribution in [0.1, 0.15) is 41.3 Å². The average Bonchev–Trinajstić information content (AvgIpc) is 3.47. The van der Waals surface area contributed by atoms with Gasteiger partial charge < -0.3 is 10.2 Å². The van der Waals surface area contributed by atoms with E-state index in [1.807, 2.05) is 51.1 Å². The van der Waals surface area contributed by atoms with Crippen molar-refractivity contribution >= 4 is 57.9 Å². The summed E-state index contributed by atoms with van der Waals surface area (Å²) in [5, 5.41) is 2.17. The van der Waals surface area contributed by atoms with E-state index in [2.05, 4.69) is 10.2 Å². The highest BCUT2D eigenvalue weighted by Gasteiger charge is 2.57. The number of halogens is 3. The Morgan fingerprint density at radius 1 is 0.936 bits per heavy atom. The van der Waals surface area contributed by atoms with E-state index in [0.717, 1.165) is 64.5 Å². The number of thioether (sulfide) groups is 1. The highest BCUT2D eigenvalue weighted by atomic mass is 32.2. The molecule has 0 saturated carbocycles. The highest BCUT2D eigenvalue weighted by molar-refractivity contribution is 8.00. The Morgan fingerprint density at radius 2 is 1.64 bits per heavy atom. The molecule has 4 aromatic rings. The number of imide groups is 1. The first-order valence-electron chi connectivity index (χ1n) is 15.1. The van der Waals surface area contributed by atoms with Crippen molar-refractivity contribution in [3.8, 4) is 0 Å². The van der Waals surface area contributed by atoms with Gasteiger partial charge in [-0.2, -0.15) is 13.2 Å². The van der Waals surface area contributed by atoms with Crippen molar-refractivity contribution in [2.45, 2.75) is 49.7 Å². The Balaban J connectivity index is 1.42. The second-order valence-electron chi connectivity index (χ2n) is 11.4. The van der Waals surface area contributed by atoms with Crippen LogP contribution in [0.5, 0.6) is 0 Å². The van der Waals surface area contributed by atoms with Gasteiger partial charge in [-0.25, -0.2) is 4.90 Å². The molecule has 3 heterocycles. The number of nitrogens with one attached hydrogen (secondary N) is 1. The number of nitrogens with zero attached hydrogens (tertiary/aromatic N) is 3. The molecule has 47 heavy (non-hydrogen) atoms. The number of aryl methyl sites for hydroxylation is 1. The molecule has 244 valence electrons. The summed E-state index contributed by atoms with van der Waals surface area (Å²) in [5.74, 6) is -3.48. The zero-order valence-corrected chi connectivity index (χ0v) is 27.3. The lowest BCUT2D eigenvalue weighted by molar-refractivity contribution is -0.137. The third-order valence-electron chi connectivity index (χ3n) is 8.47. The van der Waals surface area contributed by atoms with Gasteiger partial charge in [-0.05, 0) is 74.4 Å². The number of anilines is 3. The SMILES string of the molecule is CCN(CC)c1ccc(C2c3sc(=O)n(CC(=O)Nc4cccc(C)c4)c3SC3C(=O)N(c4cccc(C(F)(F)F)c4)C(=O)C32)cc1. The maximum absolute atomic E-state index is 14.1. The minimum Gasteiger partial charge on any atom is -0.372 e. The van der Waals surface area contributed by atoms with Crippen molar-refractivity contribution in [3.05, 3.63) is 104 Å². The number of hydrogen-bond donors (Lipinski definition) is 1. The quantitative estimate of drug-likeness (QED) is 0.213. The number of amides is 3. The maximum atomic E-state index is 14.1. The van der Waals surface area contributed by atoms with Crippen molar-refractivity contribution in [2.75, 3.05) is 28.2 Å². The normalized spacial score (nSPS) is 19.0. The first kappa shape index (κ1) is 32.6. The summed E-state index contributed by atoms with van der Waals surface area (Å²) in [7, 11) is 0. The van der Waals surface area contributed by atoms with Gasteiger partial charge in [0, 0.05) is 35.3 Å². The number of fused-ring (bicyclic) bond motifs is 2. The summed E-state index contributed by atoms with van der Waals surface area (Å²) in [6, 6.07) is 18.9. The molecule has 6 rings (SSSR count). The number of alkyl halides is 3. The summed E-state index contributed by atoms with van der Waals surface area (Å²) >= 11 is 1.92. The Kier molecular flexibility index (Phi) is 8.79. The van der Waals surface area contributed by atoms with Gasteiger partial charge in [0.2, 0.25) is 17.7 Å². The summed E-state index contributed by atoms with van der Waals surface area (Å²) in [4.78, 5) is 57.8. The number of thiazole rings is 1. The molecule has 0 bridgehead atoms. The molecule has 3 atom stereocenters. The molecule has 1 fully saturated rings. The first-order valence-corrected chi connectivity index (χ1v) is 16.8. The molecule has 1 aromatic heterocycles. The van der Waals surface area contributed by atoms with E-state index < -0.39 is 51.4 Å². The topological polar surface area (TPSA) is 91.7 Å². The van der Waals surface area contributed by atoms with Gasteiger partial charge in [0.1, 0.15) is 11.8 Å². The van der Waals surface area contributed by atoms with Crippen LogP contribution in [-0.2, 0) is 27.1 Å². The van der Waals surface area contributed by atoms with E-state index in [1.54, 1.807) is 18.2 Å². The summed E-state index contributed by atoms with van der Waals surface area (Å²) in [6.07, 6.45) is -4.67. The van der Waals surface area contributed by atoms with Crippen LogP contribution in [0.25, 0.3) is 0 Å². The second kappa shape index (κ2) is 12.7. The van der Waals surface area contributed by atoms with Crippen LogP contribution >= 0.6 is 23.1 Å². The van der Waals surface area contributed by atoms with E-state index >= 15 is 0 Å². The van der Waals surface area contributed by atoms with Gasteiger partial charge in [-0.1, -0.05) is 53.4 Å². The predicted molar refractivity (Wildman–Crippen MR) is 177 cm³/mol. The van der Waals surface area contributed by atoms with Crippen molar-refractivity contribution < 1.29 is 27.6 Å². The average molecular weight is 681 g/mol. The smallest absolute Gasteiger partial charge is 0.372 e. The largest absolute Gasteiger partial charge is 0.416 e. The van der Waals surface area contributed by atoms with Crippen molar-refractivity contribution in [1.82, 2.24) is 4.57 Å². The van der Waals surface area contributed by atoms with Gasteiger partial charge in [0.25, 0.3) is 0 Å². The summed E-state index contributed by atoms with van der Waals surface area (Å²) < 4.78 is 42.1. The van der Waals surface area contributed by atoms with Crippen molar-refractivity contribution in [3.63, 3.8) is 0 Å². The summed E-state index contributed by atoms with van der Waals surface area (Å²) in [5.41, 5.74) is 2.01. The minimum absolute atomic E-state index is 0.168. The molecule has 2 aliphatic rings. The number of benzene rings is 3. The number of hydrogen-bond acceptors (Lipinski definition) is 7. The number of carbonyl (C=O) groups is 3. The molecule has 3 amide bonds. The standard InChI is InChI=1S/C34H31F3N4O4S2/c1-4-39(5-2)23-14-12-20(13-15-23)26-27-28(31(44)41(30(27)43)24-11-7-9-21(17-24)34(35,36)37)46-32-29(26)47-33(45)40(32)18-25(42)38-22-10-6-8-19(3)16-22/h6-17,26-28H,4-5,18H2,1-3H3,(H,38,42). The third-order valence-corrected chi connectivity index (χ3v) is 11.1. The van der Waals surface area contributed by atoms with E-state index in [-0.39, 0.29) is 12.2 Å². The molecule has 13 heteroatoms. The predicted octanol–water partition coefficient (Wildman–Crippen LogP) is 6.52. The molecule has 1 saturated heterocycles. The molecule has 0 aliphatic carbocycles. The Labute approximate surface area is 277 Å². The third kappa shape index (κ3) is 6.09. The molecule has 2 aliphatic heterocycles. The van der Waals surface area contributed by atoms with Gasteiger partial charge in [0.05, 0.1) is 22.2 Å². The number of aromatic nitrogens is 1. The van der Waals surface area contributed by atoms with E-state index in [1.165, 1.54) is 16.7 Å². The lowest BCUT2D eigenvalue weighted by atomic mass is 9.83. The fraction of sp³-hybridized carbons (Fsp3) is 0.294. The van der Waals surface area contributed by atoms with E-state index in [4.69, 9.17) is 0 Å². The van der Waals surface area contributed by atoms with Crippen molar-refractivity contribution in [1.29, 1.82) is 0 Å². The Bertz CT molecular complexity index is 1920. The molecule has 1 N–H and O–H groups in total. The molecular formula is C34H31F3N4O4S2. The van der Waals surface area contributed by atoms with Gasteiger partial charge in [-0.3, -0.25) is 23.7 Å². The summed E-state index contributed by atoms with van der Waals surface area (Å²) in [6.45, 7) is 7.19. The maximum Gasteiger partial charge on any atom is 0.416 e. The zero-order chi connectivity index (χ0) is 33.6. The van der Waals surface area contributed by atoms with Crippen molar-refractivity contribution in [2.24, 2.45) is 5.92 Å². The first-order chi connectivity index (χ1) is 22.4. The van der Waals surface area contributed by atoms with Gasteiger partial charge in [0.15, 0.2) is 0 Å². The molecule has 0 spiro atoms. The van der Waals surface area contributed by atoms with E-state index in [0.29, 0.717) is 21.2 Å².